The van der Waals surface area contributed by atoms with Crippen LogP contribution in [0.15, 0.2) is 0 Å². The number of nitrogens with two attached hydrogens (primary N) is 1. The van der Waals surface area contributed by atoms with Gasteiger partial charge in [0.1, 0.15) is 0 Å². The van der Waals surface area contributed by atoms with Crippen LogP contribution in [0.2, 0.25) is 0 Å². The molecular formula is C6H21CuNNa. The molecule has 0 aromatic heterocycles. The van der Waals surface area contributed by atoms with Gasteiger partial charge in [0.2, 0.25) is 0 Å². The van der Waals surface area contributed by atoms with Gasteiger partial charge in [-0.15, -0.1) is 0 Å². The van der Waals surface area contributed by atoms with Gasteiger partial charge in [0, 0.05) is 0 Å². The average molecular weight is 194 g/mol. The Morgan fingerprint density at radius 2 is 0.889 bits per heavy atom. The number of hydrogen-bond donors (Lipinski definition) is 1. The predicted octanol–water partition coefficient (Wildman–Crippen LogP) is -0.861. The summed E-state index contributed by atoms with van der Waals surface area (Å²) in [4.78, 5) is 0. The summed E-state index contributed by atoms with van der Waals surface area (Å²) >= 11 is 0. The van der Waals surface area contributed by atoms with Gasteiger partial charge in [-0.25, -0.2) is 0 Å². The Morgan fingerprint density at radius 3 is 0.889 bits per heavy atom. The van der Waals surface area contributed by atoms with Crippen LogP contribution in [0.4, 0.5) is 0 Å². The monoisotopic (exact) mass is 193 g/mol. The fourth-order valence-corrected chi connectivity index (χ4v) is 0. The van der Waals surface area contributed by atoms with E-state index in [1.54, 1.807) is 0 Å². The van der Waals surface area contributed by atoms with Crippen molar-refractivity contribution in [1.29, 1.82) is 0 Å². The van der Waals surface area contributed by atoms with Gasteiger partial charge in [-0.1, -0.05) is 21.3 Å². The number of rotatable bonds is 0. The van der Waals surface area contributed by atoms with Crippen LogP contribution >= 0.6 is 0 Å². The summed E-state index contributed by atoms with van der Waals surface area (Å²) < 4.78 is 0. The topological polar surface area (TPSA) is 26.0 Å². The third-order valence-electron chi connectivity index (χ3n) is 0. The van der Waals surface area contributed by atoms with Crippen LogP contribution in [-0.4, -0.2) is 7.05 Å². The van der Waals surface area contributed by atoms with Gasteiger partial charge in [0.15, 0.2) is 0 Å². The molecule has 0 aliphatic rings. The molecule has 0 aliphatic carbocycles. The Labute approximate surface area is 94.9 Å². The molecule has 0 aliphatic heterocycles. The molecule has 0 amide bonds. The van der Waals surface area contributed by atoms with E-state index in [0.29, 0.717) is 0 Å². The molecule has 2 N–H and O–H groups in total. The van der Waals surface area contributed by atoms with Crippen LogP contribution in [-0.2, 0) is 17.1 Å². The Kier molecular flexibility index (Phi) is 2690. The molecule has 0 aromatic carbocycles. The molecule has 0 unspecified atom stereocenters. The van der Waals surface area contributed by atoms with Gasteiger partial charge in [0.25, 0.3) is 0 Å². The Balaban J connectivity index is -0.00000000114. The molecule has 0 spiro atoms. The van der Waals surface area contributed by atoms with E-state index in [-0.39, 0.29) is 68.9 Å². The molecule has 0 radical (unpaired) electrons. The normalized spacial score (nSPS) is 1.33. The first-order valence-electron chi connectivity index (χ1n) is 1.58. The van der Waals surface area contributed by atoms with Crippen molar-refractivity contribution in [2.24, 2.45) is 5.73 Å². The molecule has 0 bridgehead atoms. The van der Waals surface area contributed by atoms with Crippen LogP contribution in [0.25, 0.3) is 0 Å². The molecule has 0 heterocycles. The van der Waals surface area contributed by atoms with Gasteiger partial charge >= 0.3 is 46.6 Å². The van der Waals surface area contributed by atoms with E-state index in [1.165, 1.54) is 7.05 Å². The van der Waals surface area contributed by atoms with Crippen molar-refractivity contribution >= 4 is 0 Å². The minimum atomic E-state index is 0. The first-order valence-corrected chi connectivity index (χ1v) is 1.58. The molecule has 0 atom stereocenters. The molecule has 0 aromatic rings. The van der Waals surface area contributed by atoms with Crippen molar-refractivity contribution in [3.8, 4) is 0 Å². The Morgan fingerprint density at radius 1 is 0.889 bits per heavy atom. The molecule has 0 saturated heterocycles. The summed E-state index contributed by atoms with van der Waals surface area (Å²) in [5.41, 5.74) is 4.50. The molecule has 1 nitrogen and oxygen atoms in total. The van der Waals surface area contributed by atoms with Gasteiger partial charge in [-0.2, -0.15) is 0 Å². The second-order valence-corrected chi connectivity index (χ2v) is 0. The summed E-state index contributed by atoms with van der Waals surface area (Å²) in [5.74, 6) is 0. The summed E-state index contributed by atoms with van der Waals surface area (Å²) in [6, 6.07) is 0. The zero-order valence-electron chi connectivity index (χ0n) is 6.88. The molecule has 9 heavy (non-hydrogen) atoms. The van der Waals surface area contributed by atoms with E-state index < -0.39 is 0 Å². The third-order valence-corrected chi connectivity index (χ3v) is 0. The van der Waals surface area contributed by atoms with Gasteiger partial charge in [0.05, 0.1) is 0 Å². The van der Waals surface area contributed by atoms with Crippen molar-refractivity contribution in [3.63, 3.8) is 0 Å². The van der Waals surface area contributed by atoms with Crippen molar-refractivity contribution in [2.45, 2.75) is 21.3 Å². The van der Waals surface area contributed by atoms with Crippen molar-refractivity contribution in [2.75, 3.05) is 7.05 Å². The molecule has 3 heteroatoms. The Bertz CT molecular complexity index is 13.0. The second kappa shape index (κ2) is 311. The van der Waals surface area contributed by atoms with E-state index in [0.717, 1.165) is 0 Å². The van der Waals surface area contributed by atoms with Crippen LogP contribution < -0.4 is 35.3 Å². The fraction of sp³-hybridized carbons (Fsp3) is 0.667. The quantitative estimate of drug-likeness (QED) is 0.394. The van der Waals surface area contributed by atoms with E-state index >= 15 is 0 Å². The van der Waals surface area contributed by atoms with Crippen molar-refractivity contribution in [1.82, 2.24) is 0 Å². The van der Waals surface area contributed by atoms with Crippen LogP contribution in [0.3, 0.4) is 0 Å². The SMILES string of the molecule is C.CC.CN.[CH3-].[CH3-].[Cu+].[Na+]. The maximum atomic E-state index is 4.50. The first kappa shape index (κ1) is 77.8. The van der Waals surface area contributed by atoms with E-state index in [1.807, 2.05) is 13.8 Å². The van der Waals surface area contributed by atoms with Gasteiger partial charge < -0.3 is 20.6 Å². The van der Waals surface area contributed by atoms with Gasteiger partial charge in [-0.05, 0) is 7.05 Å². The zero-order valence-corrected chi connectivity index (χ0v) is 9.82. The maximum Gasteiger partial charge on any atom is 1.00 e. The predicted molar refractivity (Wildman–Crippen MR) is 41.0 cm³/mol. The molecule has 0 fully saturated rings. The molecule has 0 rings (SSSR count). The standard InChI is InChI=1S/C2H6.CH5N.CH4.2CH3.Cu.Na/c2*1-2;;;;;/h1-2H3;2H2,1H3;1H4;2*1H3;;/q;;;2*-1;2*+1. The summed E-state index contributed by atoms with van der Waals surface area (Å²) in [7, 11) is 1.50. The van der Waals surface area contributed by atoms with Crippen LogP contribution in [0.1, 0.15) is 21.3 Å². The number of hydrogen-bond acceptors (Lipinski definition) is 1. The van der Waals surface area contributed by atoms with Gasteiger partial charge in [-0.3, -0.25) is 0 Å². The van der Waals surface area contributed by atoms with E-state index in [2.05, 4.69) is 5.73 Å². The molecular weight excluding hydrogens is 173 g/mol. The maximum absolute atomic E-state index is 4.50. The Hall–Kier alpha value is 1.48. The van der Waals surface area contributed by atoms with E-state index in [9.17, 15) is 0 Å². The minimum Gasteiger partial charge on any atom is -0.358 e. The van der Waals surface area contributed by atoms with Crippen molar-refractivity contribution in [3.05, 3.63) is 14.9 Å². The van der Waals surface area contributed by atoms with Crippen molar-refractivity contribution < 1.29 is 46.6 Å². The summed E-state index contributed by atoms with van der Waals surface area (Å²) in [6.07, 6.45) is 0. The third kappa shape index (κ3) is 242. The first-order chi connectivity index (χ1) is 2.00. The smallest absolute Gasteiger partial charge is 0.358 e. The largest absolute Gasteiger partial charge is 1.00 e. The van der Waals surface area contributed by atoms with E-state index in [4.69, 9.17) is 0 Å². The minimum absolute atomic E-state index is 0. The van der Waals surface area contributed by atoms with Crippen LogP contribution in [0.5, 0.6) is 0 Å². The fourth-order valence-electron chi connectivity index (χ4n) is 0. The van der Waals surface area contributed by atoms with Crippen LogP contribution in [0, 0.1) is 14.9 Å². The second-order valence-electron chi connectivity index (χ2n) is 0. The summed E-state index contributed by atoms with van der Waals surface area (Å²) in [6.45, 7) is 4.00. The molecule has 62 valence electrons. The average Bonchev–Trinajstić information content (AvgIpc) is 1.50. The zero-order chi connectivity index (χ0) is 4.00. The molecule has 0 saturated carbocycles. The summed E-state index contributed by atoms with van der Waals surface area (Å²) in [5, 5.41) is 0.